The Balaban J connectivity index is 1.65. The number of ether oxygens (including phenoxy) is 1. The van der Waals surface area contributed by atoms with Gasteiger partial charge in [0.25, 0.3) is 0 Å². The minimum Gasteiger partial charge on any atom is -0.482 e. The lowest BCUT2D eigenvalue weighted by Crippen LogP contribution is -2.40. The van der Waals surface area contributed by atoms with E-state index in [-0.39, 0.29) is 18.2 Å². The summed E-state index contributed by atoms with van der Waals surface area (Å²) in [5.74, 6) is 0.621. The average molecular weight is 354 g/mol. The Hall–Kier alpha value is -2.06. The summed E-state index contributed by atoms with van der Waals surface area (Å²) in [6, 6.07) is 16.2. The number of halogens is 1. The van der Waals surface area contributed by atoms with Crippen LogP contribution in [0.2, 0.25) is 5.02 Å². The third-order valence-corrected chi connectivity index (χ3v) is 5.48. The molecule has 4 rings (SSSR count). The maximum Gasteiger partial charge on any atom is 0.140 e. The summed E-state index contributed by atoms with van der Waals surface area (Å²) in [6.07, 6.45) is 1.91. The molecule has 0 saturated carbocycles. The molecule has 1 unspecified atom stereocenters. The minimum atomic E-state index is -0.0769. The van der Waals surface area contributed by atoms with Gasteiger partial charge in [-0.25, -0.2) is 0 Å². The Kier molecular flexibility index (Phi) is 4.39. The van der Waals surface area contributed by atoms with Gasteiger partial charge in [0.2, 0.25) is 0 Å². The summed E-state index contributed by atoms with van der Waals surface area (Å²) in [7, 11) is 0. The van der Waals surface area contributed by atoms with Gasteiger partial charge in [-0.1, -0.05) is 35.9 Å². The lowest BCUT2D eigenvalue weighted by Gasteiger charge is -2.30. The molecule has 0 spiro atoms. The van der Waals surface area contributed by atoms with Gasteiger partial charge in [0.1, 0.15) is 11.9 Å². The van der Waals surface area contributed by atoms with Crippen molar-refractivity contribution >= 4 is 11.6 Å². The highest BCUT2D eigenvalue weighted by molar-refractivity contribution is 6.32. The van der Waals surface area contributed by atoms with Crippen LogP contribution >= 0.6 is 11.6 Å². The highest BCUT2D eigenvalue weighted by Crippen LogP contribution is 2.40. The molecule has 0 aromatic heterocycles. The third kappa shape index (κ3) is 3.11. The minimum absolute atomic E-state index is 0.0769. The van der Waals surface area contributed by atoms with E-state index >= 15 is 0 Å². The molecule has 2 aromatic carbocycles. The van der Waals surface area contributed by atoms with Crippen LogP contribution < -0.4 is 10.5 Å². The van der Waals surface area contributed by atoms with Crippen LogP contribution in [0.25, 0.3) is 0 Å². The van der Waals surface area contributed by atoms with Crippen molar-refractivity contribution in [3.8, 4) is 11.8 Å². The van der Waals surface area contributed by atoms with Gasteiger partial charge in [0.05, 0.1) is 22.7 Å². The van der Waals surface area contributed by atoms with Crippen LogP contribution in [0.4, 0.5) is 0 Å². The van der Waals surface area contributed by atoms with Crippen LogP contribution in [0, 0.1) is 11.3 Å². The number of benzene rings is 2. The van der Waals surface area contributed by atoms with Crippen LogP contribution in [0.3, 0.4) is 0 Å². The molecule has 0 amide bonds. The van der Waals surface area contributed by atoms with Gasteiger partial charge in [0.15, 0.2) is 0 Å². The fraction of sp³-hybridized carbons (Fsp3) is 0.350. The first-order chi connectivity index (χ1) is 12.2. The van der Waals surface area contributed by atoms with E-state index < -0.39 is 0 Å². The molecule has 0 bridgehead atoms. The summed E-state index contributed by atoms with van der Waals surface area (Å²) in [6.45, 7) is 1.90. The number of rotatable bonds is 3. The molecule has 5 heteroatoms. The van der Waals surface area contributed by atoms with Crippen molar-refractivity contribution in [1.82, 2.24) is 4.90 Å². The molecule has 0 radical (unpaired) electrons. The zero-order valence-electron chi connectivity index (χ0n) is 13.9. The number of likely N-dealkylation sites (tertiary alicyclic amines) is 1. The second kappa shape index (κ2) is 6.68. The first kappa shape index (κ1) is 16.4. The molecule has 2 aliphatic rings. The highest BCUT2D eigenvalue weighted by atomic mass is 35.5. The quantitative estimate of drug-likeness (QED) is 0.919. The number of nitriles is 1. The van der Waals surface area contributed by atoms with Crippen molar-refractivity contribution < 1.29 is 4.74 Å². The van der Waals surface area contributed by atoms with Gasteiger partial charge < -0.3 is 10.5 Å². The number of fused-ring (bicyclic) bond motifs is 1. The molecular formula is C20H20ClN3O. The maximum atomic E-state index is 9.01. The molecule has 1 fully saturated rings. The van der Waals surface area contributed by atoms with E-state index in [1.807, 2.05) is 6.07 Å². The molecule has 1 aliphatic carbocycles. The van der Waals surface area contributed by atoms with Crippen molar-refractivity contribution in [2.45, 2.75) is 31.0 Å². The molecule has 1 aliphatic heterocycles. The predicted molar refractivity (Wildman–Crippen MR) is 97.6 cm³/mol. The summed E-state index contributed by atoms with van der Waals surface area (Å²) in [5, 5.41) is 9.48. The fourth-order valence-corrected chi connectivity index (χ4v) is 4.14. The molecule has 1 saturated heterocycles. The van der Waals surface area contributed by atoms with Crippen molar-refractivity contribution in [2.24, 2.45) is 5.73 Å². The molecule has 128 valence electrons. The first-order valence-electron chi connectivity index (χ1n) is 8.59. The Morgan fingerprint density at radius 1 is 1.24 bits per heavy atom. The van der Waals surface area contributed by atoms with E-state index in [0.29, 0.717) is 16.3 Å². The Bertz CT molecular complexity index is 832. The lowest BCUT2D eigenvalue weighted by atomic mass is 10.1. The van der Waals surface area contributed by atoms with Crippen molar-refractivity contribution in [2.75, 3.05) is 13.1 Å². The predicted octanol–water partition coefficient (Wildman–Crippen LogP) is 3.29. The molecule has 2 aromatic rings. The monoisotopic (exact) mass is 353 g/mol. The molecule has 4 nitrogen and oxygen atoms in total. The zero-order chi connectivity index (χ0) is 17.4. The van der Waals surface area contributed by atoms with E-state index in [2.05, 4.69) is 29.2 Å². The van der Waals surface area contributed by atoms with Crippen molar-refractivity contribution in [3.05, 3.63) is 64.2 Å². The van der Waals surface area contributed by atoms with E-state index in [9.17, 15) is 0 Å². The zero-order valence-corrected chi connectivity index (χ0v) is 14.6. The van der Waals surface area contributed by atoms with Gasteiger partial charge >= 0.3 is 0 Å². The van der Waals surface area contributed by atoms with E-state index in [1.54, 1.807) is 18.2 Å². The molecule has 25 heavy (non-hydrogen) atoms. The van der Waals surface area contributed by atoms with E-state index in [0.717, 1.165) is 25.9 Å². The van der Waals surface area contributed by atoms with E-state index in [4.69, 9.17) is 27.3 Å². The maximum absolute atomic E-state index is 9.01. The summed E-state index contributed by atoms with van der Waals surface area (Å²) < 4.78 is 6.37. The van der Waals surface area contributed by atoms with Crippen molar-refractivity contribution in [1.29, 1.82) is 5.26 Å². The summed E-state index contributed by atoms with van der Waals surface area (Å²) >= 11 is 6.33. The third-order valence-electron chi connectivity index (χ3n) is 5.18. The van der Waals surface area contributed by atoms with Crippen LogP contribution in [0.15, 0.2) is 42.5 Å². The van der Waals surface area contributed by atoms with Gasteiger partial charge in [-0.05, 0) is 42.2 Å². The number of nitrogens with two attached hydrogens (primary N) is 1. The van der Waals surface area contributed by atoms with Gasteiger partial charge in [-0.2, -0.15) is 5.26 Å². The largest absolute Gasteiger partial charge is 0.482 e. The number of hydrogen-bond acceptors (Lipinski definition) is 4. The van der Waals surface area contributed by atoms with Crippen LogP contribution in [0.1, 0.15) is 29.2 Å². The van der Waals surface area contributed by atoms with Crippen molar-refractivity contribution in [3.63, 3.8) is 0 Å². The summed E-state index contributed by atoms with van der Waals surface area (Å²) in [5.41, 5.74) is 9.19. The highest BCUT2D eigenvalue weighted by Gasteiger charge is 2.40. The van der Waals surface area contributed by atoms with Crippen LogP contribution in [-0.4, -0.2) is 30.1 Å². The smallest absolute Gasteiger partial charge is 0.140 e. The second-order valence-electron chi connectivity index (χ2n) is 6.81. The average Bonchev–Trinajstić information content (AvgIpc) is 3.20. The molecule has 2 N–H and O–H groups in total. The summed E-state index contributed by atoms with van der Waals surface area (Å²) in [4.78, 5) is 2.44. The van der Waals surface area contributed by atoms with Crippen LogP contribution in [0.5, 0.6) is 5.75 Å². The Morgan fingerprint density at radius 2 is 2.08 bits per heavy atom. The van der Waals surface area contributed by atoms with Gasteiger partial charge in [0, 0.05) is 19.1 Å². The number of nitrogens with zero attached hydrogens (tertiary/aromatic N) is 2. The normalized spacial score (nSPS) is 25.6. The second-order valence-corrected chi connectivity index (χ2v) is 7.22. The van der Waals surface area contributed by atoms with Gasteiger partial charge in [-0.15, -0.1) is 0 Å². The first-order valence-corrected chi connectivity index (χ1v) is 8.97. The molecular weight excluding hydrogens is 334 g/mol. The standard InChI is InChI=1S/C20H20ClN3O/c21-17-9-13(11-22)5-6-19(17)25-20-16-4-2-1-3-14(16)10-18(20)24-8-7-15(23)12-24/h1-6,9,15,18,20H,7-8,10,12,23H2/t15?,18-,20-/m1/s1. The molecule has 1 heterocycles. The molecule has 3 atom stereocenters. The van der Waals surface area contributed by atoms with E-state index in [1.165, 1.54) is 11.1 Å². The SMILES string of the molecule is N#Cc1ccc(O[C@@H]2c3ccccc3C[C@H]2N2CCC(N)C2)c(Cl)c1. The van der Waals surface area contributed by atoms with Crippen LogP contribution in [-0.2, 0) is 6.42 Å². The topological polar surface area (TPSA) is 62.3 Å². The Labute approximate surface area is 152 Å². The Morgan fingerprint density at radius 3 is 2.80 bits per heavy atom. The number of hydrogen-bond donors (Lipinski definition) is 1. The van der Waals surface area contributed by atoms with Gasteiger partial charge in [-0.3, -0.25) is 4.90 Å². The fourth-order valence-electron chi connectivity index (χ4n) is 3.92. The lowest BCUT2D eigenvalue weighted by molar-refractivity contribution is 0.0934.